The van der Waals surface area contributed by atoms with Crippen molar-refractivity contribution in [2.24, 2.45) is 0 Å². The van der Waals surface area contributed by atoms with Crippen LogP contribution in [0.3, 0.4) is 0 Å². The van der Waals surface area contributed by atoms with Crippen LogP contribution in [0.5, 0.6) is 0 Å². The minimum Gasteiger partial charge on any atom is -0.333 e. The van der Waals surface area contributed by atoms with Crippen LogP contribution < -0.4 is 0 Å². The first-order valence-electron chi connectivity index (χ1n) is 5.37. The van der Waals surface area contributed by atoms with E-state index in [4.69, 9.17) is 0 Å². The van der Waals surface area contributed by atoms with E-state index in [1.807, 2.05) is 0 Å². The molecule has 0 aliphatic heterocycles. The van der Waals surface area contributed by atoms with Gasteiger partial charge in [0.15, 0.2) is 0 Å². The van der Waals surface area contributed by atoms with Crippen molar-refractivity contribution in [3.63, 3.8) is 0 Å². The van der Waals surface area contributed by atoms with E-state index in [0.717, 1.165) is 13.4 Å². The Hall–Kier alpha value is -0.120. The zero-order valence-electron chi connectivity index (χ0n) is 13.3. The molecule has 0 aromatic rings. The van der Waals surface area contributed by atoms with Crippen molar-refractivity contribution < 1.29 is 13.4 Å². The van der Waals surface area contributed by atoms with Gasteiger partial charge in [-0.2, -0.15) is 0 Å². The summed E-state index contributed by atoms with van der Waals surface area (Å²) in [5.41, 5.74) is 0. The summed E-state index contributed by atoms with van der Waals surface area (Å²) in [5, 5.41) is 0. The van der Waals surface area contributed by atoms with E-state index in [9.17, 15) is 0 Å². The van der Waals surface area contributed by atoms with Crippen LogP contribution in [0.1, 0.15) is 0 Å². The van der Waals surface area contributed by atoms with Gasteiger partial charge in [-0.05, 0) is 0 Å². The zero-order chi connectivity index (χ0) is 13.5. The molecule has 0 bridgehead atoms. The van der Waals surface area contributed by atoms with E-state index >= 15 is 0 Å². The summed E-state index contributed by atoms with van der Waals surface area (Å²) in [5.74, 6) is 0. The van der Waals surface area contributed by atoms with Crippen LogP contribution in [0.15, 0.2) is 0 Å². The summed E-state index contributed by atoms with van der Waals surface area (Å²) in [6.45, 7) is 0. The maximum Gasteiger partial charge on any atom is 0.0675 e. The fourth-order valence-corrected chi connectivity index (χ4v) is 0. The lowest BCUT2D eigenvalue weighted by Gasteiger charge is -2.14. The van der Waals surface area contributed by atoms with E-state index in [-0.39, 0.29) is 0 Å². The van der Waals surface area contributed by atoms with Crippen LogP contribution in [0.25, 0.3) is 0 Å². The molecule has 0 rings (SSSR count). The second-order valence-corrected chi connectivity index (χ2v) is 8.05. The van der Waals surface area contributed by atoms with Crippen molar-refractivity contribution in [3.8, 4) is 0 Å². The average Bonchev–Trinajstić information content (AvgIpc) is 1.41. The van der Waals surface area contributed by atoms with Gasteiger partial charge in [0.2, 0.25) is 0 Å². The van der Waals surface area contributed by atoms with Crippen molar-refractivity contribution in [1.82, 2.24) is 0 Å². The quantitative estimate of drug-likeness (QED) is 0.536. The van der Waals surface area contributed by atoms with Gasteiger partial charge < -0.3 is 13.4 Å². The highest BCUT2D eigenvalue weighted by Crippen LogP contribution is 1.74. The van der Waals surface area contributed by atoms with E-state index in [1.165, 1.54) is 0 Å². The Bertz CT molecular complexity index is 85.9. The summed E-state index contributed by atoms with van der Waals surface area (Å²) >= 11 is 0. The molecule has 96 valence electrons. The highest BCUT2D eigenvalue weighted by Gasteiger charge is 1.89. The lowest BCUT2D eigenvalue weighted by Crippen LogP contribution is -2.27. The molecule has 0 aromatic carbocycles. The zero-order valence-corrected chi connectivity index (χ0v) is 13.3. The van der Waals surface area contributed by atoms with E-state index in [1.54, 1.807) is 0 Å². The number of hydrogen-bond acceptors (Lipinski definition) is 0. The van der Waals surface area contributed by atoms with Crippen LogP contribution >= 0.6 is 0 Å². The van der Waals surface area contributed by atoms with Gasteiger partial charge in [0, 0.05) is 0 Å². The molecule has 0 saturated heterocycles. The minimum absolute atomic E-state index is 1.00. The molecule has 0 radical (unpaired) electrons. The Balaban J connectivity index is -0.000000144. The second-order valence-electron chi connectivity index (χ2n) is 8.05. The van der Waals surface area contributed by atoms with Crippen molar-refractivity contribution in [2.45, 2.75) is 0 Å². The Kier molecular flexibility index (Phi) is 9.75. The van der Waals surface area contributed by atoms with Crippen LogP contribution in [0.2, 0.25) is 0 Å². The van der Waals surface area contributed by atoms with E-state index in [0.29, 0.717) is 0 Å². The molecule has 0 heterocycles. The molecule has 0 amide bonds. The van der Waals surface area contributed by atoms with Gasteiger partial charge >= 0.3 is 0 Å². The average molecular weight is 222 g/mol. The molecule has 15 heavy (non-hydrogen) atoms. The molecule has 0 aliphatic carbocycles. The molecule has 0 aromatic heterocycles. The summed E-state index contributed by atoms with van der Waals surface area (Å²) in [7, 11) is 25.5. The third-order valence-corrected chi connectivity index (χ3v) is 0. The Morgan fingerprint density at radius 2 is 0.267 bits per heavy atom. The Morgan fingerprint density at radius 1 is 0.267 bits per heavy atom. The van der Waals surface area contributed by atoms with Gasteiger partial charge in [-0.15, -0.1) is 0 Å². The van der Waals surface area contributed by atoms with Crippen LogP contribution in [-0.4, -0.2) is 98.0 Å². The summed E-state index contributed by atoms with van der Waals surface area (Å²) < 4.78 is 3.00. The third-order valence-electron chi connectivity index (χ3n) is 0. The van der Waals surface area contributed by atoms with Crippen molar-refractivity contribution in [2.75, 3.05) is 84.6 Å². The molecule has 3 nitrogen and oxygen atoms in total. The van der Waals surface area contributed by atoms with E-state index in [2.05, 4.69) is 84.6 Å². The minimum atomic E-state index is 1.00. The monoisotopic (exact) mass is 222 g/mol. The second kappa shape index (κ2) is 7.20. The van der Waals surface area contributed by atoms with E-state index < -0.39 is 0 Å². The summed E-state index contributed by atoms with van der Waals surface area (Å²) in [6.07, 6.45) is 0. The first kappa shape index (κ1) is 20.3. The van der Waals surface area contributed by atoms with Crippen LogP contribution in [0, 0.1) is 0 Å². The summed E-state index contributed by atoms with van der Waals surface area (Å²) in [4.78, 5) is 0. The molecule has 0 N–H and O–H groups in total. The third kappa shape index (κ3) is 136000. The SMILES string of the molecule is C[N+](C)(C)C.C[N+](C)(C)C.C[N+](C)(C)C. The molecule has 0 unspecified atom stereocenters. The first-order chi connectivity index (χ1) is 6.00. The van der Waals surface area contributed by atoms with Gasteiger partial charge in [-0.1, -0.05) is 0 Å². The molecule has 0 aliphatic rings. The molecule has 3 heteroatoms. The molecule has 0 fully saturated rings. The molecule has 0 saturated carbocycles. The lowest BCUT2D eigenvalue weighted by molar-refractivity contribution is -0.849. The van der Waals surface area contributed by atoms with Crippen LogP contribution in [0.4, 0.5) is 0 Å². The maximum atomic E-state index is 2.12. The normalized spacial score (nSPS) is 12.0. The highest BCUT2D eigenvalue weighted by atomic mass is 15.3. The maximum absolute atomic E-state index is 2.12. The molecular formula is C12H36N3+3. The van der Waals surface area contributed by atoms with Gasteiger partial charge in [0.05, 0.1) is 84.6 Å². The van der Waals surface area contributed by atoms with Crippen molar-refractivity contribution >= 4 is 0 Å². The van der Waals surface area contributed by atoms with Crippen molar-refractivity contribution in [3.05, 3.63) is 0 Å². The number of rotatable bonds is 0. The lowest BCUT2D eigenvalue weighted by atomic mass is 10.8. The fourth-order valence-electron chi connectivity index (χ4n) is 0. The topological polar surface area (TPSA) is 0 Å². The fraction of sp³-hybridized carbons (Fsp3) is 1.00. The van der Waals surface area contributed by atoms with Crippen molar-refractivity contribution in [1.29, 1.82) is 0 Å². The van der Waals surface area contributed by atoms with Gasteiger partial charge in [-0.25, -0.2) is 0 Å². The highest BCUT2D eigenvalue weighted by molar-refractivity contribution is 3.88. The van der Waals surface area contributed by atoms with Gasteiger partial charge in [0.1, 0.15) is 0 Å². The standard InChI is InChI=1S/3C4H12N/c3*1-5(2,3)4/h3*1-4H3/q3*+1. The molecule has 0 spiro atoms. The molecule has 0 atom stereocenters. The predicted molar refractivity (Wildman–Crippen MR) is 71.9 cm³/mol. The first-order valence-corrected chi connectivity index (χ1v) is 5.37. The number of hydrogen-bond donors (Lipinski definition) is 0. The predicted octanol–water partition coefficient (Wildman–Crippen LogP) is 0.967. The number of nitrogens with zero attached hydrogens (tertiary/aromatic N) is 3. The Morgan fingerprint density at radius 3 is 0.267 bits per heavy atom. The summed E-state index contributed by atoms with van der Waals surface area (Å²) in [6, 6.07) is 0. The smallest absolute Gasteiger partial charge is 0.0675 e. The molecular weight excluding hydrogens is 186 g/mol. The number of quaternary nitrogens is 3. The van der Waals surface area contributed by atoms with Gasteiger partial charge in [-0.3, -0.25) is 0 Å². The largest absolute Gasteiger partial charge is 0.333 e. The van der Waals surface area contributed by atoms with Crippen LogP contribution in [-0.2, 0) is 0 Å². The Labute approximate surface area is 98.7 Å². The van der Waals surface area contributed by atoms with Gasteiger partial charge in [0.25, 0.3) is 0 Å².